The molecule has 2 rings (SSSR count). The van der Waals surface area contributed by atoms with Crippen LogP contribution in [-0.4, -0.2) is 33.7 Å². The van der Waals surface area contributed by atoms with Crippen molar-refractivity contribution in [1.29, 1.82) is 0 Å². The molecule has 1 fully saturated rings. The van der Waals surface area contributed by atoms with E-state index in [9.17, 15) is 8.42 Å². The van der Waals surface area contributed by atoms with Crippen LogP contribution < -0.4 is 10.0 Å². The zero-order valence-electron chi connectivity index (χ0n) is 12.8. The Kier molecular flexibility index (Phi) is 5.24. The molecule has 1 aromatic carbocycles. The van der Waals surface area contributed by atoms with E-state index in [0.717, 1.165) is 24.9 Å². The van der Waals surface area contributed by atoms with Crippen molar-refractivity contribution in [3.8, 4) is 0 Å². The highest BCUT2D eigenvalue weighted by molar-refractivity contribution is 7.89. The number of hydrogen-bond donors (Lipinski definition) is 2. The van der Waals surface area contributed by atoms with Gasteiger partial charge in [0, 0.05) is 18.8 Å². The van der Waals surface area contributed by atoms with Gasteiger partial charge in [-0.2, -0.15) is 0 Å². The van der Waals surface area contributed by atoms with Gasteiger partial charge in [0.2, 0.25) is 10.0 Å². The molecule has 0 amide bonds. The van der Waals surface area contributed by atoms with E-state index < -0.39 is 10.0 Å². The molecule has 6 heteroatoms. The number of benzene rings is 1. The molecule has 0 aliphatic heterocycles. The van der Waals surface area contributed by atoms with Crippen molar-refractivity contribution < 1.29 is 13.2 Å². The summed E-state index contributed by atoms with van der Waals surface area (Å²) in [6.07, 6.45) is 3.53. The molecule has 1 saturated carbocycles. The van der Waals surface area contributed by atoms with E-state index in [2.05, 4.69) is 10.0 Å². The fourth-order valence-electron chi connectivity index (χ4n) is 2.70. The third-order valence-electron chi connectivity index (χ3n) is 3.66. The SMILES string of the molecule is COC1CCCC1Nc1ccc(S(=O)(=O)NC(C)C)cc1. The fourth-order valence-corrected chi connectivity index (χ4v) is 3.95. The third-order valence-corrected chi connectivity index (χ3v) is 5.34. The molecule has 118 valence electrons. The van der Waals surface area contributed by atoms with Crippen LogP contribution in [0.25, 0.3) is 0 Å². The molecule has 0 saturated heterocycles. The summed E-state index contributed by atoms with van der Waals surface area (Å²) in [6, 6.07) is 7.05. The summed E-state index contributed by atoms with van der Waals surface area (Å²) in [5.41, 5.74) is 0.924. The minimum atomic E-state index is -3.42. The van der Waals surface area contributed by atoms with Crippen molar-refractivity contribution >= 4 is 15.7 Å². The van der Waals surface area contributed by atoms with E-state index >= 15 is 0 Å². The van der Waals surface area contributed by atoms with Crippen molar-refractivity contribution in [2.45, 2.75) is 56.2 Å². The Hall–Kier alpha value is -1.11. The lowest BCUT2D eigenvalue weighted by molar-refractivity contribution is 0.101. The lowest BCUT2D eigenvalue weighted by atomic mass is 10.2. The number of rotatable bonds is 6. The molecule has 21 heavy (non-hydrogen) atoms. The minimum absolute atomic E-state index is 0.117. The quantitative estimate of drug-likeness (QED) is 0.846. The Balaban J connectivity index is 2.05. The van der Waals surface area contributed by atoms with Gasteiger partial charge in [0.05, 0.1) is 17.0 Å². The highest BCUT2D eigenvalue weighted by Crippen LogP contribution is 2.25. The molecule has 0 heterocycles. The van der Waals surface area contributed by atoms with E-state index in [4.69, 9.17) is 4.74 Å². The van der Waals surface area contributed by atoms with Crippen LogP contribution in [0, 0.1) is 0 Å². The highest BCUT2D eigenvalue weighted by atomic mass is 32.2. The first-order valence-electron chi connectivity index (χ1n) is 7.34. The molecule has 2 N–H and O–H groups in total. The lowest BCUT2D eigenvalue weighted by Crippen LogP contribution is -2.30. The molecule has 2 atom stereocenters. The van der Waals surface area contributed by atoms with E-state index in [1.54, 1.807) is 45.2 Å². The zero-order chi connectivity index (χ0) is 15.5. The van der Waals surface area contributed by atoms with Crippen molar-refractivity contribution in [3.63, 3.8) is 0 Å². The van der Waals surface area contributed by atoms with E-state index in [1.165, 1.54) is 0 Å². The molecule has 0 spiro atoms. The second-order valence-corrected chi connectivity index (χ2v) is 7.47. The second kappa shape index (κ2) is 6.77. The smallest absolute Gasteiger partial charge is 0.240 e. The number of sulfonamides is 1. The topological polar surface area (TPSA) is 67.4 Å². The molecule has 0 bridgehead atoms. The average Bonchev–Trinajstić information content (AvgIpc) is 2.85. The van der Waals surface area contributed by atoms with Gasteiger partial charge >= 0.3 is 0 Å². The van der Waals surface area contributed by atoms with Gasteiger partial charge in [0.15, 0.2) is 0 Å². The maximum atomic E-state index is 12.0. The Labute approximate surface area is 127 Å². The van der Waals surface area contributed by atoms with Crippen LogP contribution in [0.2, 0.25) is 0 Å². The highest BCUT2D eigenvalue weighted by Gasteiger charge is 2.26. The molecular weight excluding hydrogens is 288 g/mol. The minimum Gasteiger partial charge on any atom is -0.380 e. The Morgan fingerprint density at radius 2 is 1.86 bits per heavy atom. The summed E-state index contributed by atoms with van der Waals surface area (Å²) >= 11 is 0. The number of ether oxygens (including phenoxy) is 1. The van der Waals surface area contributed by atoms with Crippen LogP contribution in [0.5, 0.6) is 0 Å². The van der Waals surface area contributed by atoms with E-state index in [1.807, 2.05) is 0 Å². The molecular formula is C15H24N2O3S. The summed E-state index contributed by atoms with van der Waals surface area (Å²) in [6.45, 7) is 3.61. The van der Waals surface area contributed by atoms with Crippen LogP contribution in [0.15, 0.2) is 29.2 Å². The number of hydrogen-bond acceptors (Lipinski definition) is 4. The Morgan fingerprint density at radius 3 is 2.43 bits per heavy atom. The van der Waals surface area contributed by atoms with Gasteiger partial charge in [0.1, 0.15) is 0 Å². The summed E-state index contributed by atoms with van der Waals surface area (Å²) in [5, 5.41) is 3.42. The van der Waals surface area contributed by atoms with E-state index in [-0.39, 0.29) is 17.0 Å². The molecule has 0 aromatic heterocycles. The number of anilines is 1. The Morgan fingerprint density at radius 1 is 1.19 bits per heavy atom. The van der Waals surface area contributed by atoms with Crippen LogP contribution in [0.3, 0.4) is 0 Å². The summed E-state index contributed by atoms with van der Waals surface area (Å²) in [7, 11) is -1.69. The Bertz CT molecular complexity index is 555. The van der Waals surface area contributed by atoms with Crippen LogP contribution >= 0.6 is 0 Å². The van der Waals surface area contributed by atoms with Gasteiger partial charge in [-0.15, -0.1) is 0 Å². The van der Waals surface area contributed by atoms with Crippen molar-refractivity contribution in [1.82, 2.24) is 4.72 Å². The van der Waals surface area contributed by atoms with Gasteiger partial charge in [-0.1, -0.05) is 0 Å². The van der Waals surface area contributed by atoms with Gasteiger partial charge < -0.3 is 10.1 Å². The molecule has 0 radical (unpaired) electrons. The monoisotopic (exact) mass is 312 g/mol. The summed E-state index contributed by atoms with van der Waals surface area (Å²) in [4.78, 5) is 0.288. The molecule has 1 aliphatic rings. The largest absolute Gasteiger partial charge is 0.380 e. The van der Waals surface area contributed by atoms with Gasteiger partial charge in [-0.3, -0.25) is 0 Å². The third kappa shape index (κ3) is 4.18. The van der Waals surface area contributed by atoms with Crippen LogP contribution in [0.4, 0.5) is 5.69 Å². The fraction of sp³-hybridized carbons (Fsp3) is 0.600. The molecule has 1 aliphatic carbocycles. The van der Waals surface area contributed by atoms with Crippen molar-refractivity contribution in [2.75, 3.05) is 12.4 Å². The number of methoxy groups -OCH3 is 1. The van der Waals surface area contributed by atoms with Gasteiger partial charge in [-0.25, -0.2) is 13.1 Å². The van der Waals surface area contributed by atoms with Gasteiger partial charge in [-0.05, 0) is 57.4 Å². The molecule has 5 nitrogen and oxygen atoms in total. The van der Waals surface area contributed by atoms with Crippen molar-refractivity contribution in [2.24, 2.45) is 0 Å². The first kappa shape index (κ1) is 16.3. The van der Waals surface area contributed by atoms with Crippen LogP contribution in [-0.2, 0) is 14.8 Å². The number of nitrogens with one attached hydrogen (secondary N) is 2. The summed E-state index contributed by atoms with van der Waals surface area (Å²) < 4.78 is 32.1. The first-order chi connectivity index (χ1) is 9.92. The summed E-state index contributed by atoms with van der Waals surface area (Å²) in [5.74, 6) is 0. The maximum Gasteiger partial charge on any atom is 0.240 e. The predicted molar refractivity (Wildman–Crippen MR) is 84.0 cm³/mol. The average molecular weight is 312 g/mol. The molecule has 2 unspecified atom stereocenters. The van der Waals surface area contributed by atoms with Gasteiger partial charge in [0.25, 0.3) is 0 Å². The normalized spacial score (nSPS) is 22.7. The first-order valence-corrected chi connectivity index (χ1v) is 8.82. The zero-order valence-corrected chi connectivity index (χ0v) is 13.6. The maximum absolute atomic E-state index is 12.0. The van der Waals surface area contributed by atoms with E-state index in [0.29, 0.717) is 6.04 Å². The second-order valence-electron chi connectivity index (χ2n) is 5.76. The van der Waals surface area contributed by atoms with Crippen LogP contribution in [0.1, 0.15) is 33.1 Å². The van der Waals surface area contributed by atoms with Crippen molar-refractivity contribution in [3.05, 3.63) is 24.3 Å². The predicted octanol–water partition coefficient (Wildman–Crippen LogP) is 2.35. The molecule has 1 aromatic rings. The standard InChI is InChI=1S/C15H24N2O3S/c1-11(2)17-21(18,19)13-9-7-12(8-10-13)16-14-5-4-6-15(14)20-3/h7-11,14-17H,4-6H2,1-3H3. The lowest BCUT2D eigenvalue weighted by Gasteiger charge is -2.21.